The van der Waals surface area contributed by atoms with E-state index in [9.17, 15) is 0 Å². The van der Waals surface area contributed by atoms with Gasteiger partial charge in [-0.15, -0.1) is 0 Å². The molecule has 0 saturated carbocycles. The van der Waals surface area contributed by atoms with Gasteiger partial charge in [-0.3, -0.25) is 0 Å². The standard InChI is InChI=1S/C15H29N3/c1-3-5-6-7-8-9-10-11-12-16-15-17-13-14-18(15)4-2/h13-14H,3-12H2,1-2H3,(H,16,17). The topological polar surface area (TPSA) is 29.9 Å². The van der Waals surface area contributed by atoms with Crippen LogP contribution in [0.3, 0.4) is 0 Å². The maximum Gasteiger partial charge on any atom is 0.202 e. The summed E-state index contributed by atoms with van der Waals surface area (Å²) in [6, 6.07) is 0. The van der Waals surface area contributed by atoms with Gasteiger partial charge in [0.1, 0.15) is 0 Å². The number of nitrogens with zero attached hydrogens (tertiary/aromatic N) is 2. The highest BCUT2D eigenvalue weighted by molar-refractivity contribution is 5.25. The lowest BCUT2D eigenvalue weighted by atomic mass is 10.1. The summed E-state index contributed by atoms with van der Waals surface area (Å²) in [5.74, 6) is 1.01. The minimum absolute atomic E-state index is 0.986. The zero-order chi connectivity index (χ0) is 13.1. The summed E-state index contributed by atoms with van der Waals surface area (Å²) in [5.41, 5.74) is 0. The Morgan fingerprint density at radius 3 is 2.33 bits per heavy atom. The van der Waals surface area contributed by atoms with Crippen molar-refractivity contribution in [1.82, 2.24) is 9.55 Å². The first-order chi connectivity index (χ1) is 8.88. The number of aryl methyl sites for hydroxylation is 1. The van der Waals surface area contributed by atoms with Crippen LogP contribution in [0.4, 0.5) is 5.95 Å². The predicted molar refractivity (Wildman–Crippen MR) is 79.0 cm³/mol. The molecule has 1 aromatic heterocycles. The van der Waals surface area contributed by atoms with Gasteiger partial charge in [0, 0.05) is 25.5 Å². The van der Waals surface area contributed by atoms with Gasteiger partial charge in [-0.05, 0) is 13.3 Å². The lowest BCUT2D eigenvalue weighted by Gasteiger charge is -2.07. The Balaban J connectivity index is 1.92. The van der Waals surface area contributed by atoms with E-state index in [1.54, 1.807) is 0 Å². The lowest BCUT2D eigenvalue weighted by Crippen LogP contribution is -2.07. The normalized spacial score (nSPS) is 10.8. The number of hydrogen-bond acceptors (Lipinski definition) is 2. The van der Waals surface area contributed by atoms with Gasteiger partial charge in [-0.1, -0.05) is 51.9 Å². The summed E-state index contributed by atoms with van der Waals surface area (Å²) < 4.78 is 2.14. The highest BCUT2D eigenvalue weighted by Crippen LogP contribution is 2.09. The van der Waals surface area contributed by atoms with Crippen molar-refractivity contribution < 1.29 is 0 Å². The first kappa shape index (κ1) is 15.1. The number of unbranched alkanes of at least 4 members (excludes halogenated alkanes) is 7. The van der Waals surface area contributed by atoms with Crippen LogP contribution >= 0.6 is 0 Å². The van der Waals surface area contributed by atoms with Crippen LogP contribution in [0.2, 0.25) is 0 Å². The fraction of sp³-hybridized carbons (Fsp3) is 0.800. The Hall–Kier alpha value is -0.990. The number of nitrogens with one attached hydrogen (secondary N) is 1. The van der Waals surface area contributed by atoms with E-state index in [0.29, 0.717) is 0 Å². The first-order valence-corrected chi connectivity index (χ1v) is 7.63. The van der Waals surface area contributed by atoms with E-state index in [-0.39, 0.29) is 0 Å². The molecule has 104 valence electrons. The molecule has 0 bridgehead atoms. The molecule has 1 N–H and O–H groups in total. The summed E-state index contributed by atoms with van der Waals surface area (Å²) in [5, 5.41) is 3.41. The molecule has 1 heterocycles. The Kier molecular flexibility index (Phi) is 8.36. The molecule has 3 heteroatoms. The van der Waals surface area contributed by atoms with Crippen molar-refractivity contribution in [3.8, 4) is 0 Å². The summed E-state index contributed by atoms with van der Waals surface area (Å²) in [4.78, 5) is 4.31. The molecular formula is C15H29N3. The molecule has 3 nitrogen and oxygen atoms in total. The van der Waals surface area contributed by atoms with E-state index in [1.165, 1.54) is 51.4 Å². The molecule has 0 fully saturated rings. The number of rotatable bonds is 11. The maximum absolute atomic E-state index is 4.31. The van der Waals surface area contributed by atoms with Crippen LogP contribution in [0.1, 0.15) is 65.2 Å². The van der Waals surface area contributed by atoms with E-state index in [2.05, 4.69) is 28.7 Å². The summed E-state index contributed by atoms with van der Waals surface area (Å²) >= 11 is 0. The lowest BCUT2D eigenvalue weighted by molar-refractivity contribution is 0.580. The van der Waals surface area contributed by atoms with Crippen LogP contribution in [-0.2, 0) is 6.54 Å². The number of aromatic nitrogens is 2. The van der Waals surface area contributed by atoms with E-state index in [1.807, 2.05) is 12.4 Å². The van der Waals surface area contributed by atoms with Crippen molar-refractivity contribution in [3.63, 3.8) is 0 Å². The molecule has 1 aromatic rings. The highest BCUT2D eigenvalue weighted by atomic mass is 15.2. The molecule has 0 radical (unpaired) electrons. The van der Waals surface area contributed by atoms with E-state index >= 15 is 0 Å². The molecule has 0 aliphatic rings. The average Bonchev–Trinajstić information content (AvgIpc) is 2.84. The van der Waals surface area contributed by atoms with Gasteiger partial charge in [-0.2, -0.15) is 0 Å². The van der Waals surface area contributed by atoms with E-state index in [4.69, 9.17) is 0 Å². The smallest absolute Gasteiger partial charge is 0.202 e. The zero-order valence-corrected chi connectivity index (χ0v) is 12.1. The van der Waals surface area contributed by atoms with Crippen molar-refractivity contribution in [2.45, 2.75) is 71.8 Å². The van der Waals surface area contributed by atoms with Crippen LogP contribution < -0.4 is 5.32 Å². The Morgan fingerprint density at radius 2 is 1.67 bits per heavy atom. The Bertz CT molecular complexity index is 294. The largest absolute Gasteiger partial charge is 0.356 e. The molecule has 18 heavy (non-hydrogen) atoms. The van der Waals surface area contributed by atoms with Crippen molar-refractivity contribution >= 4 is 5.95 Å². The third-order valence-corrected chi connectivity index (χ3v) is 3.37. The summed E-state index contributed by atoms with van der Waals surface area (Å²) in [7, 11) is 0. The average molecular weight is 251 g/mol. The van der Waals surface area contributed by atoms with Crippen LogP contribution in [0.5, 0.6) is 0 Å². The van der Waals surface area contributed by atoms with Crippen molar-refractivity contribution in [1.29, 1.82) is 0 Å². The Morgan fingerprint density at radius 1 is 1.00 bits per heavy atom. The Labute approximate surface area is 112 Å². The van der Waals surface area contributed by atoms with Gasteiger partial charge in [0.25, 0.3) is 0 Å². The number of anilines is 1. The molecule has 0 aliphatic heterocycles. The second-order valence-electron chi connectivity index (χ2n) is 4.94. The van der Waals surface area contributed by atoms with Gasteiger partial charge >= 0.3 is 0 Å². The number of imidazole rings is 1. The minimum atomic E-state index is 0.986. The van der Waals surface area contributed by atoms with Gasteiger partial charge in [0.15, 0.2) is 0 Å². The second-order valence-corrected chi connectivity index (χ2v) is 4.94. The fourth-order valence-electron chi connectivity index (χ4n) is 2.19. The molecule has 0 spiro atoms. The van der Waals surface area contributed by atoms with Crippen LogP contribution in [0.25, 0.3) is 0 Å². The highest BCUT2D eigenvalue weighted by Gasteiger charge is 1.98. The van der Waals surface area contributed by atoms with Crippen molar-refractivity contribution in [2.24, 2.45) is 0 Å². The molecule has 0 amide bonds. The van der Waals surface area contributed by atoms with Gasteiger partial charge in [0.05, 0.1) is 0 Å². The van der Waals surface area contributed by atoms with E-state index in [0.717, 1.165) is 19.0 Å². The monoisotopic (exact) mass is 251 g/mol. The van der Waals surface area contributed by atoms with Crippen LogP contribution in [-0.4, -0.2) is 16.1 Å². The first-order valence-electron chi connectivity index (χ1n) is 7.63. The third kappa shape index (κ3) is 6.08. The predicted octanol–water partition coefficient (Wildman–Crippen LogP) is 4.46. The molecule has 0 aromatic carbocycles. The number of hydrogen-bond donors (Lipinski definition) is 1. The minimum Gasteiger partial charge on any atom is -0.356 e. The van der Waals surface area contributed by atoms with E-state index < -0.39 is 0 Å². The molecule has 1 rings (SSSR count). The molecule has 0 unspecified atom stereocenters. The van der Waals surface area contributed by atoms with Gasteiger partial charge < -0.3 is 9.88 Å². The summed E-state index contributed by atoms with van der Waals surface area (Å²) in [6.45, 7) is 6.45. The van der Waals surface area contributed by atoms with Crippen LogP contribution in [0.15, 0.2) is 12.4 Å². The van der Waals surface area contributed by atoms with Gasteiger partial charge in [0.2, 0.25) is 5.95 Å². The quantitative estimate of drug-likeness (QED) is 0.589. The molecular weight excluding hydrogens is 222 g/mol. The maximum atomic E-state index is 4.31. The zero-order valence-electron chi connectivity index (χ0n) is 12.1. The SMILES string of the molecule is CCCCCCCCCCNc1nccn1CC. The summed E-state index contributed by atoms with van der Waals surface area (Å²) in [6.07, 6.45) is 14.8. The molecule has 0 atom stereocenters. The third-order valence-electron chi connectivity index (χ3n) is 3.37. The molecule has 0 saturated heterocycles. The van der Waals surface area contributed by atoms with Crippen molar-refractivity contribution in [2.75, 3.05) is 11.9 Å². The fourth-order valence-corrected chi connectivity index (χ4v) is 2.19. The molecule has 0 aliphatic carbocycles. The van der Waals surface area contributed by atoms with Crippen LogP contribution in [0, 0.1) is 0 Å². The second kappa shape index (κ2) is 9.98. The van der Waals surface area contributed by atoms with Gasteiger partial charge in [-0.25, -0.2) is 4.98 Å². The van der Waals surface area contributed by atoms with Crippen molar-refractivity contribution in [3.05, 3.63) is 12.4 Å².